The standard InChI is InChI=1S/C2H7ClN2O2S/c1-2(3)8(6,7)5-4/h2,5H,4H2,1H3. The van der Waals surface area contributed by atoms with E-state index >= 15 is 0 Å². The Kier molecular flexibility index (Phi) is 2.68. The molecule has 0 aromatic heterocycles. The highest BCUT2D eigenvalue weighted by Gasteiger charge is 2.14. The van der Waals surface area contributed by atoms with Crippen LogP contribution in [0, 0.1) is 0 Å². The molecule has 0 aliphatic heterocycles. The fraction of sp³-hybridized carbons (Fsp3) is 1.00. The summed E-state index contributed by atoms with van der Waals surface area (Å²) in [6.45, 7) is 1.32. The van der Waals surface area contributed by atoms with Gasteiger partial charge in [0.1, 0.15) is 4.71 Å². The van der Waals surface area contributed by atoms with Crippen molar-refractivity contribution in [2.24, 2.45) is 5.84 Å². The van der Waals surface area contributed by atoms with Gasteiger partial charge in [0.05, 0.1) is 0 Å². The molecule has 4 nitrogen and oxygen atoms in total. The molecule has 0 radical (unpaired) electrons. The van der Waals surface area contributed by atoms with Crippen molar-refractivity contribution in [3.8, 4) is 0 Å². The van der Waals surface area contributed by atoms with E-state index in [0.29, 0.717) is 0 Å². The first-order valence-corrected chi connectivity index (χ1v) is 3.84. The highest BCUT2D eigenvalue weighted by atomic mass is 35.5. The number of hydrazine groups is 1. The van der Waals surface area contributed by atoms with Gasteiger partial charge < -0.3 is 0 Å². The molecule has 0 saturated carbocycles. The molecule has 0 fully saturated rings. The molecule has 1 atom stereocenters. The maximum atomic E-state index is 10.3. The first kappa shape index (κ1) is 8.16. The monoisotopic (exact) mass is 158 g/mol. The van der Waals surface area contributed by atoms with Crippen molar-refractivity contribution in [2.45, 2.75) is 11.6 Å². The van der Waals surface area contributed by atoms with Crippen molar-refractivity contribution in [3.63, 3.8) is 0 Å². The maximum absolute atomic E-state index is 10.3. The Bertz CT molecular complexity index is 151. The molecule has 50 valence electrons. The van der Waals surface area contributed by atoms with E-state index in [1.807, 2.05) is 0 Å². The summed E-state index contributed by atoms with van der Waals surface area (Å²) in [5.74, 6) is 4.58. The molecule has 0 rings (SSSR count). The zero-order valence-electron chi connectivity index (χ0n) is 4.26. The summed E-state index contributed by atoms with van der Waals surface area (Å²) >= 11 is 5.14. The van der Waals surface area contributed by atoms with Crippen molar-refractivity contribution in [1.29, 1.82) is 0 Å². The van der Waals surface area contributed by atoms with Crippen molar-refractivity contribution in [3.05, 3.63) is 0 Å². The van der Waals surface area contributed by atoms with Crippen LogP contribution >= 0.6 is 11.6 Å². The van der Waals surface area contributed by atoms with Crippen LogP contribution in [0.15, 0.2) is 0 Å². The number of nitrogens with two attached hydrogens (primary N) is 1. The van der Waals surface area contributed by atoms with Gasteiger partial charge in [-0.15, -0.1) is 11.6 Å². The lowest BCUT2D eigenvalue weighted by atomic mass is 11.0. The highest BCUT2D eigenvalue weighted by Crippen LogP contribution is 1.99. The van der Waals surface area contributed by atoms with Gasteiger partial charge in [-0.05, 0) is 6.92 Å². The largest absolute Gasteiger partial charge is 0.258 e. The van der Waals surface area contributed by atoms with Crippen molar-refractivity contribution < 1.29 is 8.42 Å². The van der Waals surface area contributed by atoms with Crippen molar-refractivity contribution >= 4 is 21.6 Å². The summed E-state index contributed by atoms with van der Waals surface area (Å²) in [6, 6.07) is 0. The van der Waals surface area contributed by atoms with E-state index in [4.69, 9.17) is 11.6 Å². The third kappa shape index (κ3) is 1.95. The summed E-state index contributed by atoms with van der Waals surface area (Å²) < 4.78 is 19.7. The number of alkyl halides is 1. The molecule has 6 heteroatoms. The number of halogens is 1. The van der Waals surface area contributed by atoms with Gasteiger partial charge in [0, 0.05) is 0 Å². The molecular formula is C2H7ClN2O2S. The minimum Gasteiger partial charge on any atom is -0.258 e. The zero-order chi connectivity index (χ0) is 6.78. The molecule has 8 heavy (non-hydrogen) atoms. The summed E-state index contributed by atoms with van der Waals surface area (Å²) in [7, 11) is -3.44. The number of sulfonamides is 1. The summed E-state index contributed by atoms with van der Waals surface area (Å²) in [5.41, 5.74) is 0. The van der Waals surface area contributed by atoms with E-state index in [1.165, 1.54) is 6.92 Å². The zero-order valence-corrected chi connectivity index (χ0v) is 5.83. The van der Waals surface area contributed by atoms with Crippen LogP contribution in [0.2, 0.25) is 0 Å². The summed E-state index contributed by atoms with van der Waals surface area (Å²) in [5, 5.41) is 0. The van der Waals surface area contributed by atoms with E-state index < -0.39 is 14.7 Å². The lowest BCUT2D eigenvalue weighted by molar-refractivity contribution is 0.582. The molecule has 0 aromatic rings. The molecule has 0 aliphatic carbocycles. The van der Waals surface area contributed by atoms with Crippen LogP contribution in [-0.4, -0.2) is 13.1 Å². The summed E-state index contributed by atoms with van der Waals surface area (Å²) in [6.07, 6.45) is 0. The minimum atomic E-state index is -3.44. The Morgan fingerprint density at radius 3 is 2.12 bits per heavy atom. The van der Waals surface area contributed by atoms with Gasteiger partial charge in [-0.1, -0.05) is 0 Å². The molecule has 0 bridgehead atoms. The molecule has 0 aromatic carbocycles. The van der Waals surface area contributed by atoms with E-state index in [-0.39, 0.29) is 0 Å². The fourth-order valence-electron chi connectivity index (χ4n) is 0.0938. The number of rotatable bonds is 2. The van der Waals surface area contributed by atoms with Crippen molar-refractivity contribution in [1.82, 2.24) is 4.83 Å². The second-order valence-corrected chi connectivity index (χ2v) is 4.15. The lowest BCUT2D eigenvalue weighted by Gasteiger charge is -2.00. The average Bonchev–Trinajstić information content (AvgIpc) is 1.67. The van der Waals surface area contributed by atoms with Crippen LogP contribution in [0.3, 0.4) is 0 Å². The Morgan fingerprint density at radius 2 is 2.12 bits per heavy atom. The molecule has 0 amide bonds. The molecule has 0 saturated heterocycles. The van der Waals surface area contributed by atoms with E-state index in [2.05, 4.69) is 5.84 Å². The molecule has 3 N–H and O–H groups in total. The van der Waals surface area contributed by atoms with Crippen LogP contribution in [0.25, 0.3) is 0 Å². The van der Waals surface area contributed by atoms with Crippen LogP contribution in [0.4, 0.5) is 0 Å². The van der Waals surface area contributed by atoms with Crippen LogP contribution < -0.4 is 10.7 Å². The van der Waals surface area contributed by atoms with Crippen molar-refractivity contribution in [2.75, 3.05) is 0 Å². The van der Waals surface area contributed by atoms with E-state index in [9.17, 15) is 8.42 Å². The van der Waals surface area contributed by atoms with E-state index in [1.54, 1.807) is 4.83 Å². The van der Waals surface area contributed by atoms with Gasteiger partial charge in [-0.2, -0.15) is 4.83 Å². The molecule has 0 spiro atoms. The molecule has 0 aliphatic rings. The Morgan fingerprint density at radius 1 is 1.75 bits per heavy atom. The Balaban J connectivity index is 4.17. The first-order valence-electron chi connectivity index (χ1n) is 1.86. The maximum Gasteiger partial charge on any atom is 0.240 e. The molecule has 0 heterocycles. The SMILES string of the molecule is CC(Cl)S(=O)(=O)NN. The third-order valence-corrected chi connectivity index (χ3v) is 2.48. The van der Waals surface area contributed by atoms with Gasteiger partial charge >= 0.3 is 0 Å². The number of hydrogen-bond acceptors (Lipinski definition) is 3. The quantitative estimate of drug-likeness (QED) is 0.319. The van der Waals surface area contributed by atoms with Crippen LogP contribution in [-0.2, 0) is 10.0 Å². The topological polar surface area (TPSA) is 72.2 Å². The number of hydrogen-bond donors (Lipinski definition) is 2. The smallest absolute Gasteiger partial charge is 0.240 e. The Hall–Kier alpha value is 0.160. The van der Waals surface area contributed by atoms with Crippen LogP contribution in [0.5, 0.6) is 0 Å². The normalized spacial score (nSPS) is 15.9. The molecule has 1 unspecified atom stereocenters. The number of nitrogens with one attached hydrogen (secondary N) is 1. The fourth-order valence-corrected chi connectivity index (χ4v) is 0.436. The van der Waals surface area contributed by atoms with E-state index in [0.717, 1.165) is 0 Å². The minimum absolute atomic E-state index is 0.979. The van der Waals surface area contributed by atoms with Gasteiger partial charge in [-0.3, -0.25) is 5.84 Å². The highest BCUT2D eigenvalue weighted by molar-refractivity contribution is 7.91. The second-order valence-electron chi connectivity index (χ2n) is 1.21. The van der Waals surface area contributed by atoms with Gasteiger partial charge in [0.2, 0.25) is 10.0 Å². The predicted octanol–water partition coefficient (Wildman–Crippen LogP) is -0.636. The summed E-state index contributed by atoms with van der Waals surface area (Å²) in [4.78, 5) is 1.58. The lowest BCUT2D eigenvalue weighted by Crippen LogP contribution is -2.34. The second kappa shape index (κ2) is 2.63. The van der Waals surface area contributed by atoms with Crippen LogP contribution in [0.1, 0.15) is 6.92 Å². The van der Waals surface area contributed by atoms with Gasteiger partial charge in [-0.25, -0.2) is 8.42 Å². The first-order chi connectivity index (χ1) is 3.50. The average molecular weight is 159 g/mol. The van der Waals surface area contributed by atoms with Gasteiger partial charge in [0.15, 0.2) is 0 Å². The Labute approximate surface area is 53.0 Å². The predicted molar refractivity (Wildman–Crippen MR) is 31.6 cm³/mol. The van der Waals surface area contributed by atoms with Gasteiger partial charge in [0.25, 0.3) is 0 Å². The molecular weight excluding hydrogens is 152 g/mol. The third-order valence-electron chi connectivity index (χ3n) is 0.592.